The molecule has 0 aliphatic heterocycles. The van der Waals surface area contributed by atoms with Gasteiger partial charge in [-0.2, -0.15) is 0 Å². The number of rotatable bonds is 6. The molecule has 0 saturated carbocycles. The first-order chi connectivity index (χ1) is 13.1. The lowest BCUT2D eigenvalue weighted by atomic mass is 9.83. The number of carbonyl (C=O) groups is 1. The smallest absolute Gasteiger partial charge is 0.345 e. The Morgan fingerprint density at radius 3 is 2.26 bits per heavy atom. The van der Waals surface area contributed by atoms with Crippen LogP contribution in [0.1, 0.15) is 17.2 Å². The molecule has 0 fully saturated rings. The second-order valence-corrected chi connectivity index (χ2v) is 6.37. The summed E-state index contributed by atoms with van der Waals surface area (Å²) in [6.45, 7) is 0. The van der Waals surface area contributed by atoms with Gasteiger partial charge in [-0.3, -0.25) is 0 Å². The van der Waals surface area contributed by atoms with Gasteiger partial charge in [0.25, 0.3) is 0 Å². The first-order valence-electron chi connectivity index (χ1n) is 8.35. The Hall–Kier alpha value is -2.89. The van der Waals surface area contributed by atoms with Crippen molar-refractivity contribution < 1.29 is 14.6 Å². The molecule has 2 aromatic carbocycles. The summed E-state index contributed by atoms with van der Waals surface area (Å²) in [4.78, 5) is 16.8. The molecular weight excluding hydrogens is 364 g/mol. The minimum Gasteiger partial charge on any atom is -0.467 e. The number of aliphatic hydroxyl groups is 1. The van der Waals surface area contributed by atoms with Crippen LogP contribution in [0.15, 0.2) is 79.0 Å². The van der Waals surface area contributed by atoms with E-state index in [9.17, 15) is 9.90 Å². The van der Waals surface area contributed by atoms with Gasteiger partial charge in [0.15, 0.2) is 0 Å². The van der Waals surface area contributed by atoms with Crippen molar-refractivity contribution in [2.45, 2.75) is 11.6 Å². The van der Waals surface area contributed by atoms with Crippen LogP contribution >= 0.6 is 11.6 Å². The average molecular weight is 383 g/mol. The summed E-state index contributed by atoms with van der Waals surface area (Å²) < 4.78 is 4.95. The van der Waals surface area contributed by atoms with Crippen molar-refractivity contribution in [1.29, 1.82) is 0 Å². The van der Waals surface area contributed by atoms with Crippen LogP contribution in [0.2, 0.25) is 5.15 Å². The van der Waals surface area contributed by atoms with E-state index in [0.29, 0.717) is 5.56 Å². The van der Waals surface area contributed by atoms with Gasteiger partial charge in [-0.1, -0.05) is 66.2 Å². The number of anilines is 1. The molecule has 0 radical (unpaired) electrons. The molecule has 0 spiro atoms. The number of nitrogens with zero attached hydrogens (tertiary/aromatic N) is 1. The lowest BCUT2D eigenvalue weighted by Gasteiger charge is -2.35. The second kappa shape index (κ2) is 8.20. The van der Waals surface area contributed by atoms with Gasteiger partial charge in [-0.15, -0.1) is 0 Å². The number of ether oxygens (including phenoxy) is 1. The van der Waals surface area contributed by atoms with E-state index in [0.717, 1.165) is 5.69 Å². The Bertz CT molecular complexity index is 888. The quantitative estimate of drug-likeness (QED) is 0.499. The average Bonchev–Trinajstić information content (AvgIpc) is 2.72. The van der Waals surface area contributed by atoms with Crippen LogP contribution in [-0.2, 0) is 15.1 Å². The van der Waals surface area contributed by atoms with Crippen LogP contribution in [0.5, 0.6) is 0 Å². The maximum absolute atomic E-state index is 12.8. The number of esters is 1. The molecule has 2 N–H and O–H groups in total. The third kappa shape index (κ3) is 3.94. The summed E-state index contributed by atoms with van der Waals surface area (Å²) in [6.07, 6.45) is 1.38. The minimum atomic E-state index is -2.02. The summed E-state index contributed by atoms with van der Waals surface area (Å²) in [7, 11) is 1.24. The second-order valence-electron chi connectivity index (χ2n) is 5.98. The van der Waals surface area contributed by atoms with Crippen molar-refractivity contribution in [1.82, 2.24) is 4.98 Å². The lowest BCUT2D eigenvalue weighted by molar-refractivity contribution is -0.165. The highest BCUT2D eigenvalue weighted by Crippen LogP contribution is 2.39. The molecule has 3 rings (SSSR count). The first-order valence-corrected chi connectivity index (χ1v) is 8.73. The van der Waals surface area contributed by atoms with E-state index in [2.05, 4.69) is 10.3 Å². The van der Waals surface area contributed by atoms with E-state index >= 15 is 0 Å². The maximum Gasteiger partial charge on any atom is 0.345 e. The molecule has 0 amide bonds. The van der Waals surface area contributed by atoms with Crippen LogP contribution < -0.4 is 5.32 Å². The number of halogens is 1. The summed E-state index contributed by atoms with van der Waals surface area (Å²) in [5, 5.41) is 15.1. The number of carbonyl (C=O) groups excluding carboxylic acids is 1. The fourth-order valence-electron chi connectivity index (χ4n) is 2.93. The first kappa shape index (κ1) is 18.9. The predicted octanol–water partition coefficient (Wildman–Crippen LogP) is 3.95. The molecule has 138 valence electrons. The summed E-state index contributed by atoms with van der Waals surface area (Å²) >= 11 is 5.88. The van der Waals surface area contributed by atoms with Gasteiger partial charge in [-0.05, 0) is 23.8 Å². The van der Waals surface area contributed by atoms with Gasteiger partial charge in [-0.25, -0.2) is 9.78 Å². The third-order valence-electron chi connectivity index (χ3n) is 4.30. The molecule has 0 aliphatic rings. The highest BCUT2D eigenvalue weighted by molar-refractivity contribution is 6.29. The summed E-state index contributed by atoms with van der Waals surface area (Å²) in [5.41, 5.74) is -0.292. The van der Waals surface area contributed by atoms with Crippen LogP contribution in [0.4, 0.5) is 5.69 Å². The zero-order valence-corrected chi connectivity index (χ0v) is 15.4. The van der Waals surface area contributed by atoms with Crippen LogP contribution in [-0.4, -0.2) is 23.2 Å². The van der Waals surface area contributed by atoms with Gasteiger partial charge in [0.1, 0.15) is 5.15 Å². The topological polar surface area (TPSA) is 71.5 Å². The summed E-state index contributed by atoms with van der Waals surface area (Å²) in [6, 6.07) is 20.8. The van der Waals surface area contributed by atoms with Crippen molar-refractivity contribution in [3.63, 3.8) is 0 Å². The fourth-order valence-corrected chi connectivity index (χ4v) is 3.05. The standard InChI is InChI=1S/C21H19ClN2O3/c1-27-20(25)21(26,16-12-13-18(22)23-14-16)19(15-8-4-2-5-9-15)24-17-10-6-3-7-11-17/h2-14,19,24,26H,1H3. The number of aromatic nitrogens is 1. The van der Waals surface area contributed by atoms with Crippen molar-refractivity contribution in [2.24, 2.45) is 0 Å². The van der Waals surface area contributed by atoms with Gasteiger partial charge in [0.05, 0.1) is 13.2 Å². The highest BCUT2D eigenvalue weighted by Gasteiger charge is 2.48. The van der Waals surface area contributed by atoms with E-state index in [1.54, 1.807) is 6.07 Å². The molecule has 2 unspecified atom stereocenters. The number of methoxy groups -OCH3 is 1. The van der Waals surface area contributed by atoms with Crippen molar-refractivity contribution in [2.75, 3.05) is 12.4 Å². The van der Waals surface area contributed by atoms with Gasteiger partial charge >= 0.3 is 5.97 Å². The normalized spacial score (nSPS) is 14.0. The Balaban J connectivity index is 2.15. The van der Waals surface area contributed by atoms with Crippen molar-refractivity contribution in [3.05, 3.63) is 95.3 Å². The molecule has 3 aromatic rings. The van der Waals surface area contributed by atoms with E-state index in [-0.39, 0.29) is 10.7 Å². The minimum absolute atomic E-state index is 0.262. The van der Waals surface area contributed by atoms with E-state index in [4.69, 9.17) is 16.3 Å². The number of hydrogen-bond donors (Lipinski definition) is 2. The molecule has 0 bridgehead atoms. The fraction of sp³-hybridized carbons (Fsp3) is 0.143. The molecule has 1 aromatic heterocycles. The SMILES string of the molecule is COC(=O)C(O)(c1ccc(Cl)nc1)C(Nc1ccccc1)c1ccccc1. The molecule has 27 heavy (non-hydrogen) atoms. The molecular formula is C21H19ClN2O3. The van der Waals surface area contributed by atoms with E-state index < -0.39 is 17.6 Å². The number of hydrogen-bond acceptors (Lipinski definition) is 5. The number of pyridine rings is 1. The number of benzene rings is 2. The monoisotopic (exact) mass is 382 g/mol. The molecule has 5 nitrogen and oxygen atoms in total. The summed E-state index contributed by atoms with van der Waals surface area (Å²) in [5.74, 6) is -0.802. The molecule has 1 heterocycles. The van der Waals surface area contributed by atoms with Gasteiger partial charge < -0.3 is 15.2 Å². The predicted molar refractivity (Wildman–Crippen MR) is 104 cm³/mol. The molecule has 2 atom stereocenters. The zero-order chi connectivity index (χ0) is 19.3. The Morgan fingerprint density at radius 2 is 1.70 bits per heavy atom. The highest BCUT2D eigenvalue weighted by atomic mass is 35.5. The van der Waals surface area contributed by atoms with Crippen LogP contribution in [0.25, 0.3) is 0 Å². The number of nitrogens with one attached hydrogen (secondary N) is 1. The zero-order valence-electron chi connectivity index (χ0n) is 14.7. The third-order valence-corrected chi connectivity index (χ3v) is 4.52. The number of para-hydroxylation sites is 1. The molecule has 6 heteroatoms. The Kier molecular flexibility index (Phi) is 5.74. The lowest BCUT2D eigenvalue weighted by Crippen LogP contribution is -2.45. The Morgan fingerprint density at radius 1 is 1.07 bits per heavy atom. The molecule has 0 aliphatic carbocycles. The van der Waals surface area contributed by atoms with Crippen molar-refractivity contribution >= 4 is 23.3 Å². The Labute approximate surface area is 162 Å². The van der Waals surface area contributed by atoms with Crippen LogP contribution in [0, 0.1) is 0 Å². The van der Waals surface area contributed by atoms with E-state index in [1.165, 1.54) is 19.4 Å². The maximum atomic E-state index is 12.8. The van der Waals surface area contributed by atoms with Gasteiger partial charge in [0, 0.05) is 17.4 Å². The van der Waals surface area contributed by atoms with Crippen molar-refractivity contribution in [3.8, 4) is 0 Å². The van der Waals surface area contributed by atoms with Crippen LogP contribution in [0.3, 0.4) is 0 Å². The van der Waals surface area contributed by atoms with E-state index in [1.807, 2.05) is 60.7 Å². The molecule has 0 saturated heterocycles. The largest absolute Gasteiger partial charge is 0.467 e. The van der Waals surface area contributed by atoms with Gasteiger partial charge in [0.2, 0.25) is 5.60 Å².